The number of alkyl halides is 1. The van der Waals surface area contributed by atoms with Gasteiger partial charge in [-0.3, -0.25) is 4.79 Å². The summed E-state index contributed by atoms with van der Waals surface area (Å²) in [5.41, 5.74) is -2.61. The molecule has 1 aromatic carbocycles. The minimum Gasteiger partial charge on any atom is -0.338 e. The van der Waals surface area contributed by atoms with E-state index in [2.05, 4.69) is 9.97 Å². The molecule has 1 aromatic heterocycles. The topological polar surface area (TPSA) is 58.1 Å². The third kappa shape index (κ3) is 4.99. The molecule has 0 radical (unpaired) electrons. The van der Waals surface area contributed by atoms with Gasteiger partial charge in [0.05, 0.1) is 14.3 Å². The number of nitrogens with one attached hydrogen (secondary N) is 1. The molecule has 0 spiro atoms. The highest BCUT2D eigenvalue weighted by Crippen LogP contribution is 2.27. The van der Waals surface area contributed by atoms with Crippen LogP contribution < -0.4 is 5.32 Å². The van der Waals surface area contributed by atoms with Gasteiger partial charge >= 0.3 is 0 Å². The first kappa shape index (κ1) is 13.1. The first-order valence-corrected chi connectivity index (χ1v) is 8.49. The van der Waals surface area contributed by atoms with Crippen LogP contribution in [0, 0.1) is 12.7 Å². The molecule has 0 saturated carbocycles. The summed E-state index contributed by atoms with van der Waals surface area (Å²) in [4.78, 5) is 21.3. The molecule has 144 valence electrons. The summed E-state index contributed by atoms with van der Waals surface area (Å²) in [6.07, 6.45) is -1.06. The molecular formula is C19H21ClF2N4O. The van der Waals surface area contributed by atoms with Crippen LogP contribution in [0.5, 0.6) is 0 Å². The fraction of sp³-hybridized carbons (Fsp3) is 0.421. The van der Waals surface area contributed by atoms with Crippen LogP contribution in [0.15, 0.2) is 30.6 Å². The number of carbonyl (C=O) groups excluding carboxylic acids is 1. The average molecular weight is 401 g/mol. The third-order valence-electron chi connectivity index (χ3n) is 3.95. The number of carbonyl (C=O) groups is 1. The first-order chi connectivity index (χ1) is 15.1. The van der Waals surface area contributed by atoms with Crippen molar-refractivity contribution in [1.82, 2.24) is 20.2 Å². The van der Waals surface area contributed by atoms with Crippen molar-refractivity contribution in [2.24, 2.45) is 0 Å². The van der Waals surface area contributed by atoms with Gasteiger partial charge in [-0.25, -0.2) is 18.7 Å². The second kappa shape index (κ2) is 8.27. The number of hydrogen-bond acceptors (Lipinski definition) is 4. The van der Waals surface area contributed by atoms with E-state index in [1.165, 1.54) is 12.4 Å². The van der Waals surface area contributed by atoms with Crippen molar-refractivity contribution in [1.29, 1.82) is 0 Å². The lowest BCUT2D eigenvalue weighted by molar-refractivity contribution is 0.0434. The van der Waals surface area contributed by atoms with E-state index in [-0.39, 0.29) is 17.1 Å². The van der Waals surface area contributed by atoms with Crippen LogP contribution in [-0.4, -0.2) is 46.0 Å². The van der Waals surface area contributed by atoms with Gasteiger partial charge in [0, 0.05) is 55.8 Å². The maximum absolute atomic E-state index is 16.0. The molecule has 1 atom stereocenters. The number of aryl methyl sites for hydroxylation is 1. The number of piperidine rings is 1. The molecule has 1 aliphatic rings. The summed E-state index contributed by atoms with van der Waals surface area (Å²) in [6, 6.07) is 3.21. The van der Waals surface area contributed by atoms with E-state index in [4.69, 9.17) is 19.8 Å². The van der Waals surface area contributed by atoms with E-state index in [0.717, 1.165) is 23.1 Å². The summed E-state index contributed by atoms with van der Waals surface area (Å²) in [5.74, 6) is -1.90. The van der Waals surface area contributed by atoms with Crippen molar-refractivity contribution in [3.8, 4) is 0 Å². The summed E-state index contributed by atoms with van der Waals surface area (Å²) < 4.78 is 78.3. The van der Waals surface area contributed by atoms with Gasteiger partial charge in [0.15, 0.2) is 0 Å². The summed E-state index contributed by atoms with van der Waals surface area (Å²) in [7, 11) is 0. The van der Waals surface area contributed by atoms with Gasteiger partial charge < -0.3 is 10.2 Å². The highest BCUT2D eigenvalue weighted by molar-refractivity contribution is 6.31. The zero-order valence-corrected chi connectivity index (χ0v) is 15.1. The Morgan fingerprint density at radius 3 is 2.85 bits per heavy atom. The van der Waals surface area contributed by atoms with Crippen molar-refractivity contribution in [3.63, 3.8) is 0 Å². The van der Waals surface area contributed by atoms with E-state index >= 15 is 4.39 Å². The Labute approximate surface area is 170 Å². The smallest absolute Gasteiger partial charge is 0.253 e. The second-order valence-electron chi connectivity index (χ2n) is 6.04. The number of benzene rings is 1. The molecule has 8 heteroatoms. The zero-order valence-electron chi connectivity index (χ0n) is 20.4. The Kier molecular flexibility index (Phi) is 4.02. The lowest BCUT2D eigenvalue weighted by Gasteiger charge is -2.36. The van der Waals surface area contributed by atoms with Crippen LogP contribution in [0.3, 0.4) is 0 Å². The number of likely N-dealkylation sites (tertiary alicyclic amines) is 1. The maximum Gasteiger partial charge on any atom is 0.253 e. The highest BCUT2D eigenvalue weighted by Gasteiger charge is 2.36. The van der Waals surface area contributed by atoms with Gasteiger partial charge in [-0.1, -0.05) is 11.6 Å². The van der Waals surface area contributed by atoms with Crippen LogP contribution in [0.25, 0.3) is 0 Å². The number of nitrogens with zero attached hydrogens (tertiary/aromatic N) is 3. The van der Waals surface area contributed by atoms with Gasteiger partial charge in [-0.05, 0) is 30.7 Å². The molecular weight excluding hydrogens is 374 g/mol. The SMILES string of the molecule is [2H]C([2H])(NC([2H])([2H])C1(F)CCN(C(=O)c2ccc(F)c(Cl)c2)CC1([2H])[2H])c1ncc(C)cn1. The number of amides is 1. The number of hydrogen-bond donors (Lipinski definition) is 1. The van der Waals surface area contributed by atoms with Crippen LogP contribution in [-0.2, 0) is 6.50 Å². The Balaban J connectivity index is 1.82. The van der Waals surface area contributed by atoms with E-state index < -0.39 is 55.5 Å². The van der Waals surface area contributed by atoms with Crippen LogP contribution in [0.1, 0.15) is 42.8 Å². The van der Waals surface area contributed by atoms with Crippen molar-refractivity contribution in [2.45, 2.75) is 31.9 Å². The minimum atomic E-state index is -3.21. The lowest BCUT2D eigenvalue weighted by atomic mass is 9.92. The molecule has 1 amide bonds. The van der Waals surface area contributed by atoms with Crippen molar-refractivity contribution < 1.29 is 21.8 Å². The van der Waals surface area contributed by atoms with Crippen LogP contribution in [0.4, 0.5) is 8.78 Å². The molecule has 1 fully saturated rings. The zero-order chi connectivity index (χ0) is 24.8. The van der Waals surface area contributed by atoms with E-state index in [1.807, 2.05) is 5.32 Å². The molecule has 0 aliphatic carbocycles. The molecule has 1 unspecified atom stereocenters. The predicted molar refractivity (Wildman–Crippen MR) is 98.9 cm³/mol. The third-order valence-corrected chi connectivity index (χ3v) is 4.24. The molecule has 2 heterocycles. The Morgan fingerprint density at radius 2 is 2.19 bits per heavy atom. The number of aromatic nitrogens is 2. The highest BCUT2D eigenvalue weighted by atomic mass is 35.5. The standard InChI is InChI=1S/C19H21ClF2N4O/c1-13-9-24-17(25-10-13)11-23-12-19(22)4-6-26(7-5-19)18(27)14-2-3-16(21)15(20)8-14/h2-3,8-10,23H,4-7,11-12H2,1H3/i4D2,11D2,12D2. The molecule has 3 rings (SSSR count). The molecule has 1 saturated heterocycles. The van der Waals surface area contributed by atoms with Gasteiger partial charge in [-0.15, -0.1) is 0 Å². The van der Waals surface area contributed by atoms with Crippen molar-refractivity contribution in [3.05, 3.63) is 58.4 Å². The molecule has 1 N–H and O–H groups in total. The van der Waals surface area contributed by atoms with E-state index in [1.54, 1.807) is 6.92 Å². The lowest BCUT2D eigenvalue weighted by Crippen LogP contribution is -2.48. The Bertz CT molecular complexity index is 1060. The van der Waals surface area contributed by atoms with Crippen LogP contribution >= 0.6 is 11.6 Å². The van der Waals surface area contributed by atoms with Gasteiger partial charge in [0.1, 0.15) is 17.3 Å². The second-order valence-corrected chi connectivity index (χ2v) is 6.45. The normalized spacial score (nSPS) is 26.1. The van der Waals surface area contributed by atoms with Gasteiger partial charge in [-0.2, -0.15) is 0 Å². The maximum atomic E-state index is 16.0. The molecule has 27 heavy (non-hydrogen) atoms. The fourth-order valence-corrected chi connectivity index (χ4v) is 2.59. The van der Waals surface area contributed by atoms with Crippen LogP contribution in [0.2, 0.25) is 5.02 Å². The largest absolute Gasteiger partial charge is 0.338 e. The first-order valence-electron chi connectivity index (χ1n) is 11.1. The monoisotopic (exact) mass is 400 g/mol. The fourth-order valence-electron chi connectivity index (χ4n) is 2.41. The average Bonchev–Trinajstić information content (AvgIpc) is 2.71. The summed E-state index contributed by atoms with van der Waals surface area (Å²) in [6.45, 7) is -5.43. The van der Waals surface area contributed by atoms with E-state index in [0.29, 0.717) is 5.56 Å². The quantitative estimate of drug-likeness (QED) is 0.836. The number of halogens is 3. The van der Waals surface area contributed by atoms with Gasteiger partial charge in [0.2, 0.25) is 0 Å². The van der Waals surface area contributed by atoms with E-state index in [9.17, 15) is 9.18 Å². The molecule has 2 aromatic rings. The Morgan fingerprint density at radius 1 is 1.44 bits per heavy atom. The molecule has 5 nitrogen and oxygen atoms in total. The van der Waals surface area contributed by atoms with Gasteiger partial charge in [0.25, 0.3) is 5.91 Å². The van der Waals surface area contributed by atoms with Crippen molar-refractivity contribution in [2.75, 3.05) is 19.6 Å². The number of rotatable bonds is 5. The minimum absolute atomic E-state index is 0.0300. The molecule has 1 aliphatic heterocycles. The van der Waals surface area contributed by atoms with Crippen molar-refractivity contribution >= 4 is 17.5 Å². The Hall–Kier alpha value is -2.12. The summed E-state index contributed by atoms with van der Waals surface area (Å²) in [5, 5.41) is 1.58. The molecule has 0 bridgehead atoms. The summed E-state index contributed by atoms with van der Waals surface area (Å²) >= 11 is 5.70. The predicted octanol–water partition coefficient (Wildman–Crippen LogP) is 3.31.